The number of hydrogen-bond acceptors (Lipinski definition) is 4. The molecule has 2 aromatic carbocycles. The number of ketones is 1. The molecule has 1 aliphatic carbocycles. The fourth-order valence-corrected chi connectivity index (χ4v) is 5.28. The minimum absolute atomic E-state index is 0.0473. The van der Waals surface area contributed by atoms with Gasteiger partial charge in [-0.15, -0.1) is 0 Å². The number of anilines is 2. The van der Waals surface area contributed by atoms with Gasteiger partial charge in [0, 0.05) is 60.1 Å². The van der Waals surface area contributed by atoms with Crippen molar-refractivity contribution in [3.8, 4) is 0 Å². The highest BCUT2D eigenvalue weighted by molar-refractivity contribution is 6.08. The van der Waals surface area contributed by atoms with Gasteiger partial charge in [-0.2, -0.15) is 0 Å². The Morgan fingerprint density at radius 1 is 1.00 bits per heavy atom. The number of benzene rings is 2. The van der Waals surface area contributed by atoms with E-state index in [1.807, 2.05) is 0 Å². The van der Waals surface area contributed by atoms with Crippen LogP contribution in [-0.2, 0) is 9.59 Å². The second kappa shape index (κ2) is 9.09. The van der Waals surface area contributed by atoms with Gasteiger partial charge in [-0.3, -0.25) is 19.3 Å². The second-order valence-corrected chi connectivity index (χ2v) is 9.96. The Morgan fingerprint density at radius 3 is 2.18 bits per heavy atom. The SMILES string of the molecule is CCN(CC)c1ccc(C2CC(=O)N(c3ccc(C(N)=O)cc3)C3=C2C(=O)CC(C)(C)C3)cc1. The Balaban J connectivity index is 1.79. The van der Waals surface area contributed by atoms with Crippen LogP contribution in [0.1, 0.15) is 68.8 Å². The maximum absolute atomic E-state index is 13.5. The molecule has 0 aromatic heterocycles. The molecule has 1 unspecified atom stereocenters. The van der Waals surface area contributed by atoms with Gasteiger partial charge in [0.1, 0.15) is 0 Å². The van der Waals surface area contributed by atoms with Crippen molar-refractivity contribution in [2.45, 2.75) is 52.9 Å². The van der Waals surface area contributed by atoms with E-state index in [9.17, 15) is 14.4 Å². The summed E-state index contributed by atoms with van der Waals surface area (Å²) in [5.74, 6) is -0.708. The number of carbonyl (C=O) groups excluding carboxylic acids is 3. The third-order valence-electron chi connectivity index (χ3n) is 6.98. The summed E-state index contributed by atoms with van der Waals surface area (Å²) in [7, 11) is 0. The fourth-order valence-electron chi connectivity index (χ4n) is 5.28. The Bertz CT molecular complexity index is 1140. The predicted molar refractivity (Wildman–Crippen MR) is 135 cm³/mol. The van der Waals surface area contributed by atoms with Crippen molar-refractivity contribution in [2.75, 3.05) is 22.9 Å². The molecule has 4 rings (SSSR count). The lowest BCUT2D eigenvalue weighted by Gasteiger charge is -2.43. The molecule has 0 bridgehead atoms. The summed E-state index contributed by atoms with van der Waals surface area (Å²) < 4.78 is 0. The van der Waals surface area contributed by atoms with Gasteiger partial charge in [-0.25, -0.2) is 0 Å². The van der Waals surface area contributed by atoms with Crippen molar-refractivity contribution in [2.24, 2.45) is 11.1 Å². The van der Waals surface area contributed by atoms with Crippen molar-refractivity contribution >= 4 is 29.0 Å². The summed E-state index contributed by atoms with van der Waals surface area (Å²) in [5.41, 5.74) is 9.84. The zero-order valence-electron chi connectivity index (χ0n) is 20.4. The van der Waals surface area contributed by atoms with Crippen LogP contribution in [0.4, 0.5) is 11.4 Å². The molecule has 2 aliphatic rings. The molecule has 6 nitrogen and oxygen atoms in total. The van der Waals surface area contributed by atoms with Crippen molar-refractivity contribution in [1.82, 2.24) is 0 Å². The summed E-state index contributed by atoms with van der Waals surface area (Å²) in [4.78, 5) is 42.4. The highest BCUT2D eigenvalue weighted by Crippen LogP contribution is 2.48. The van der Waals surface area contributed by atoms with Crippen LogP contribution in [0.3, 0.4) is 0 Å². The highest BCUT2D eigenvalue weighted by Gasteiger charge is 2.44. The van der Waals surface area contributed by atoms with E-state index < -0.39 is 5.91 Å². The molecule has 2 amide bonds. The zero-order chi connectivity index (χ0) is 24.6. The van der Waals surface area contributed by atoms with Gasteiger partial charge in [0.25, 0.3) is 0 Å². The topological polar surface area (TPSA) is 83.7 Å². The third-order valence-corrected chi connectivity index (χ3v) is 6.98. The van der Waals surface area contributed by atoms with Gasteiger partial charge in [-0.1, -0.05) is 26.0 Å². The molecule has 0 radical (unpaired) electrons. The van der Waals surface area contributed by atoms with Crippen LogP contribution in [0, 0.1) is 5.41 Å². The molecule has 0 saturated carbocycles. The average molecular weight is 460 g/mol. The van der Waals surface area contributed by atoms with Crippen LogP contribution in [0.25, 0.3) is 0 Å². The van der Waals surface area contributed by atoms with Gasteiger partial charge in [-0.05, 0) is 67.6 Å². The maximum atomic E-state index is 13.5. The Hall–Kier alpha value is -3.41. The molecule has 0 spiro atoms. The van der Waals surface area contributed by atoms with E-state index in [0.717, 1.165) is 35.6 Å². The lowest BCUT2D eigenvalue weighted by molar-refractivity contribution is -0.121. The smallest absolute Gasteiger partial charge is 0.248 e. The van der Waals surface area contributed by atoms with E-state index in [0.29, 0.717) is 24.1 Å². The first-order valence-electron chi connectivity index (χ1n) is 12.0. The monoisotopic (exact) mass is 459 g/mol. The van der Waals surface area contributed by atoms with Crippen molar-refractivity contribution in [3.63, 3.8) is 0 Å². The van der Waals surface area contributed by atoms with E-state index in [2.05, 4.69) is 56.9 Å². The minimum atomic E-state index is -0.515. The lowest BCUT2D eigenvalue weighted by Crippen LogP contribution is -2.43. The van der Waals surface area contributed by atoms with Gasteiger partial charge in [0.05, 0.1) is 0 Å². The van der Waals surface area contributed by atoms with E-state index >= 15 is 0 Å². The summed E-state index contributed by atoms with van der Waals surface area (Å²) in [5, 5.41) is 0. The van der Waals surface area contributed by atoms with Crippen LogP contribution >= 0.6 is 0 Å². The number of carbonyl (C=O) groups is 3. The Labute approximate surface area is 201 Å². The van der Waals surface area contributed by atoms with Crippen molar-refractivity contribution < 1.29 is 14.4 Å². The highest BCUT2D eigenvalue weighted by atomic mass is 16.2. The number of hydrogen-bond donors (Lipinski definition) is 1. The van der Waals surface area contributed by atoms with Crippen LogP contribution in [0.15, 0.2) is 59.8 Å². The standard InChI is InChI=1S/C28H33N3O3/c1-5-30(6-2)20-11-7-18(8-12-20)22-15-25(33)31(21-13-9-19(10-14-21)27(29)34)23-16-28(3,4)17-24(32)26(22)23/h7-14,22H,5-6,15-17H2,1-4H3,(H2,29,34). The average Bonchev–Trinajstić information content (AvgIpc) is 2.79. The number of primary amides is 1. The molecule has 2 aromatic rings. The molecule has 178 valence electrons. The Morgan fingerprint density at radius 2 is 1.62 bits per heavy atom. The summed E-state index contributed by atoms with van der Waals surface area (Å²) >= 11 is 0. The number of allylic oxidation sites excluding steroid dienone is 2. The van der Waals surface area contributed by atoms with Gasteiger partial charge in [0.15, 0.2) is 5.78 Å². The first kappa shape index (κ1) is 23.7. The Kier molecular flexibility index (Phi) is 6.34. The van der Waals surface area contributed by atoms with Crippen LogP contribution in [-0.4, -0.2) is 30.7 Å². The number of amides is 2. The van der Waals surface area contributed by atoms with Gasteiger partial charge >= 0.3 is 0 Å². The minimum Gasteiger partial charge on any atom is -0.372 e. The van der Waals surface area contributed by atoms with E-state index in [1.165, 1.54) is 0 Å². The van der Waals surface area contributed by atoms with E-state index in [1.54, 1.807) is 29.2 Å². The van der Waals surface area contributed by atoms with Crippen molar-refractivity contribution in [1.29, 1.82) is 0 Å². The summed E-state index contributed by atoms with van der Waals surface area (Å²) in [6.07, 6.45) is 1.32. The summed E-state index contributed by atoms with van der Waals surface area (Å²) in [6.45, 7) is 10.2. The van der Waals surface area contributed by atoms with Crippen LogP contribution < -0.4 is 15.5 Å². The van der Waals surface area contributed by atoms with Gasteiger partial charge < -0.3 is 10.6 Å². The second-order valence-electron chi connectivity index (χ2n) is 9.96. The van der Waals surface area contributed by atoms with Crippen molar-refractivity contribution in [3.05, 3.63) is 70.9 Å². The number of nitrogens with two attached hydrogens (primary N) is 1. The number of Topliss-reactive ketones (excluding diaryl/α,β-unsaturated/α-hetero) is 1. The zero-order valence-corrected chi connectivity index (χ0v) is 20.4. The molecule has 1 heterocycles. The normalized spacial score (nSPS) is 19.8. The molecule has 1 aliphatic heterocycles. The van der Waals surface area contributed by atoms with Crippen LogP contribution in [0.2, 0.25) is 0 Å². The molecule has 1 atom stereocenters. The molecular weight excluding hydrogens is 426 g/mol. The first-order chi connectivity index (χ1) is 16.1. The molecule has 2 N–H and O–H groups in total. The molecule has 0 fully saturated rings. The lowest BCUT2D eigenvalue weighted by atomic mass is 9.69. The fraction of sp³-hybridized carbons (Fsp3) is 0.393. The number of rotatable bonds is 6. The third kappa shape index (κ3) is 4.37. The largest absolute Gasteiger partial charge is 0.372 e. The predicted octanol–water partition coefficient (Wildman–Crippen LogP) is 4.80. The number of nitrogens with zero attached hydrogens (tertiary/aromatic N) is 2. The van der Waals surface area contributed by atoms with E-state index in [-0.39, 0.29) is 29.4 Å². The molecule has 34 heavy (non-hydrogen) atoms. The van der Waals surface area contributed by atoms with E-state index in [4.69, 9.17) is 5.73 Å². The van der Waals surface area contributed by atoms with Gasteiger partial charge in [0.2, 0.25) is 11.8 Å². The summed E-state index contributed by atoms with van der Waals surface area (Å²) in [6, 6.07) is 15.0. The molecule has 0 saturated heterocycles. The van der Waals surface area contributed by atoms with Crippen LogP contribution in [0.5, 0.6) is 0 Å². The maximum Gasteiger partial charge on any atom is 0.248 e. The quantitative estimate of drug-likeness (QED) is 0.673. The first-order valence-corrected chi connectivity index (χ1v) is 12.0. The molecule has 6 heteroatoms. The molecular formula is C28H33N3O3.